The van der Waals surface area contributed by atoms with Gasteiger partial charge in [-0.05, 0) is 18.2 Å². The van der Waals surface area contributed by atoms with Crippen molar-refractivity contribution in [2.24, 2.45) is 0 Å². The summed E-state index contributed by atoms with van der Waals surface area (Å²) in [5.74, 6) is -0.620. The van der Waals surface area contributed by atoms with Crippen LogP contribution in [0.25, 0.3) is 22.4 Å². The molecular formula is C11H7N3O3. The number of nitrogens with one attached hydrogen (secondary N) is 1. The summed E-state index contributed by atoms with van der Waals surface area (Å²) in [6, 6.07) is 5.22. The van der Waals surface area contributed by atoms with Gasteiger partial charge in [0.2, 0.25) is 5.89 Å². The molecule has 0 atom stereocenters. The number of aromatic amines is 1. The molecule has 2 heterocycles. The van der Waals surface area contributed by atoms with Crippen LogP contribution in [0.4, 0.5) is 0 Å². The van der Waals surface area contributed by atoms with Gasteiger partial charge in [0.05, 0.1) is 11.7 Å². The van der Waals surface area contributed by atoms with Crippen LogP contribution < -0.4 is 0 Å². The Kier molecular flexibility index (Phi) is 1.94. The molecule has 3 rings (SSSR count). The van der Waals surface area contributed by atoms with Gasteiger partial charge in [-0.2, -0.15) is 5.10 Å². The molecular weight excluding hydrogens is 222 g/mol. The summed E-state index contributed by atoms with van der Waals surface area (Å²) in [6.45, 7) is 0. The first-order valence-corrected chi connectivity index (χ1v) is 4.87. The van der Waals surface area contributed by atoms with Gasteiger partial charge in [0, 0.05) is 10.9 Å². The number of hydrogen-bond acceptors (Lipinski definition) is 4. The van der Waals surface area contributed by atoms with Crippen LogP contribution >= 0.6 is 0 Å². The lowest BCUT2D eigenvalue weighted by molar-refractivity contribution is 0.0692. The van der Waals surface area contributed by atoms with E-state index in [9.17, 15) is 4.79 Å². The van der Waals surface area contributed by atoms with E-state index in [2.05, 4.69) is 15.2 Å². The van der Waals surface area contributed by atoms with Gasteiger partial charge in [-0.1, -0.05) is 0 Å². The van der Waals surface area contributed by atoms with Crippen LogP contribution in [0.15, 0.2) is 35.1 Å². The summed E-state index contributed by atoms with van der Waals surface area (Å²) < 4.78 is 5.16. The van der Waals surface area contributed by atoms with Crippen LogP contribution in [0.3, 0.4) is 0 Å². The smallest absolute Gasteiger partial charge is 0.357 e. The molecule has 2 N–H and O–H groups in total. The molecule has 0 radical (unpaired) electrons. The van der Waals surface area contributed by atoms with E-state index in [1.165, 1.54) is 12.5 Å². The third kappa shape index (κ3) is 1.46. The summed E-state index contributed by atoms with van der Waals surface area (Å²) in [5.41, 5.74) is 1.37. The summed E-state index contributed by atoms with van der Waals surface area (Å²) in [7, 11) is 0. The SMILES string of the molecule is O=C(O)c1n[nH]c2ccc(-c3ncco3)cc12. The van der Waals surface area contributed by atoms with Crippen molar-refractivity contribution >= 4 is 16.9 Å². The molecule has 2 aromatic heterocycles. The topological polar surface area (TPSA) is 92.0 Å². The van der Waals surface area contributed by atoms with Gasteiger partial charge in [0.1, 0.15) is 6.26 Å². The minimum atomic E-state index is -1.07. The van der Waals surface area contributed by atoms with Crippen molar-refractivity contribution in [2.75, 3.05) is 0 Å². The lowest BCUT2D eigenvalue weighted by Crippen LogP contribution is -1.96. The molecule has 3 aromatic rings. The Labute approximate surface area is 94.9 Å². The molecule has 6 heteroatoms. The van der Waals surface area contributed by atoms with Gasteiger partial charge in [-0.15, -0.1) is 0 Å². The normalized spacial score (nSPS) is 10.8. The van der Waals surface area contributed by atoms with Gasteiger partial charge in [0.15, 0.2) is 5.69 Å². The second kappa shape index (κ2) is 3.44. The number of benzene rings is 1. The molecule has 0 spiro atoms. The third-order valence-corrected chi connectivity index (χ3v) is 2.44. The van der Waals surface area contributed by atoms with Gasteiger partial charge >= 0.3 is 5.97 Å². The molecule has 0 aliphatic rings. The molecule has 84 valence electrons. The predicted octanol–water partition coefficient (Wildman–Crippen LogP) is 1.92. The number of H-pyrrole nitrogens is 1. The largest absolute Gasteiger partial charge is 0.476 e. The van der Waals surface area contributed by atoms with Crippen molar-refractivity contribution < 1.29 is 14.3 Å². The first kappa shape index (κ1) is 9.59. The molecule has 0 bridgehead atoms. The zero-order chi connectivity index (χ0) is 11.8. The lowest BCUT2D eigenvalue weighted by atomic mass is 10.1. The van der Waals surface area contributed by atoms with Crippen LogP contribution in [0.5, 0.6) is 0 Å². The third-order valence-electron chi connectivity index (χ3n) is 2.44. The van der Waals surface area contributed by atoms with E-state index in [1.54, 1.807) is 18.2 Å². The molecule has 6 nitrogen and oxygen atoms in total. The molecule has 0 saturated heterocycles. The Morgan fingerprint density at radius 3 is 3.00 bits per heavy atom. The second-order valence-electron chi connectivity index (χ2n) is 3.47. The van der Waals surface area contributed by atoms with Crippen molar-refractivity contribution in [1.82, 2.24) is 15.2 Å². The quantitative estimate of drug-likeness (QED) is 0.700. The van der Waals surface area contributed by atoms with Crippen molar-refractivity contribution in [3.05, 3.63) is 36.4 Å². The fourth-order valence-corrected chi connectivity index (χ4v) is 1.68. The van der Waals surface area contributed by atoms with Gasteiger partial charge < -0.3 is 9.52 Å². The number of carboxylic acid groups (broad SMARTS) is 1. The van der Waals surface area contributed by atoms with Crippen molar-refractivity contribution in [1.29, 1.82) is 0 Å². The first-order chi connectivity index (χ1) is 8.25. The Balaban J connectivity index is 2.24. The van der Waals surface area contributed by atoms with Crippen LogP contribution in [-0.2, 0) is 0 Å². The van der Waals surface area contributed by atoms with Gasteiger partial charge in [0.25, 0.3) is 0 Å². The highest BCUT2D eigenvalue weighted by molar-refractivity contribution is 6.01. The van der Waals surface area contributed by atoms with E-state index >= 15 is 0 Å². The molecule has 0 amide bonds. The van der Waals surface area contributed by atoms with Crippen LogP contribution in [0.1, 0.15) is 10.5 Å². The number of fused-ring (bicyclic) bond motifs is 1. The van der Waals surface area contributed by atoms with Crippen LogP contribution in [0.2, 0.25) is 0 Å². The Bertz CT molecular complexity index is 685. The summed E-state index contributed by atoms with van der Waals surface area (Å²) in [6.07, 6.45) is 3.00. The van der Waals surface area contributed by atoms with E-state index < -0.39 is 5.97 Å². The second-order valence-corrected chi connectivity index (χ2v) is 3.47. The van der Waals surface area contributed by atoms with E-state index in [0.29, 0.717) is 22.4 Å². The maximum Gasteiger partial charge on any atom is 0.357 e. The number of aromatic carboxylic acids is 1. The Morgan fingerprint density at radius 1 is 1.41 bits per heavy atom. The summed E-state index contributed by atoms with van der Waals surface area (Å²) >= 11 is 0. The molecule has 0 aliphatic carbocycles. The minimum absolute atomic E-state index is 0.00611. The number of oxazole rings is 1. The summed E-state index contributed by atoms with van der Waals surface area (Å²) in [5, 5.41) is 15.9. The standard InChI is InChI=1S/C11H7N3O3/c15-11(16)9-7-5-6(10-12-3-4-17-10)1-2-8(7)13-14-9/h1-5H,(H,13,14)(H,15,16). The van der Waals surface area contributed by atoms with E-state index in [1.807, 2.05) is 0 Å². The first-order valence-electron chi connectivity index (χ1n) is 4.87. The van der Waals surface area contributed by atoms with E-state index in [-0.39, 0.29) is 5.69 Å². The molecule has 0 saturated carbocycles. The average Bonchev–Trinajstić information content (AvgIpc) is 2.97. The highest BCUT2D eigenvalue weighted by Crippen LogP contribution is 2.24. The monoisotopic (exact) mass is 229 g/mol. The number of carboxylic acids is 1. The van der Waals surface area contributed by atoms with Crippen LogP contribution in [0, 0.1) is 0 Å². The molecule has 1 aromatic carbocycles. The fraction of sp³-hybridized carbons (Fsp3) is 0. The molecule has 0 aliphatic heterocycles. The van der Waals surface area contributed by atoms with Crippen LogP contribution in [-0.4, -0.2) is 26.3 Å². The maximum absolute atomic E-state index is 11.0. The molecule has 0 fully saturated rings. The average molecular weight is 229 g/mol. The predicted molar refractivity (Wildman–Crippen MR) is 58.6 cm³/mol. The van der Waals surface area contributed by atoms with E-state index in [4.69, 9.17) is 9.52 Å². The number of hydrogen-bond donors (Lipinski definition) is 2. The Morgan fingerprint density at radius 2 is 2.29 bits per heavy atom. The zero-order valence-corrected chi connectivity index (χ0v) is 8.54. The lowest BCUT2D eigenvalue weighted by Gasteiger charge is -1.96. The van der Waals surface area contributed by atoms with Crippen molar-refractivity contribution in [3.8, 4) is 11.5 Å². The van der Waals surface area contributed by atoms with Gasteiger partial charge in [-0.3, -0.25) is 5.10 Å². The number of aromatic nitrogens is 3. The number of carbonyl (C=O) groups is 1. The summed E-state index contributed by atoms with van der Waals surface area (Å²) in [4.78, 5) is 15.0. The van der Waals surface area contributed by atoms with Crippen molar-refractivity contribution in [3.63, 3.8) is 0 Å². The number of nitrogens with zero attached hydrogens (tertiary/aromatic N) is 2. The molecule has 17 heavy (non-hydrogen) atoms. The highest BCUT2D eigenvalue weighted by atomic mass is 16.4. The number of rotatable bonds is 2. The van der Waals surface area contributed by atoms with Gasteiger partial charge in [-0.25, -0.2) is 9.78 Å². The fourth-order valence-electron chi connectivity index (χ4n) is 1.68. The maximum atomic E-state index is 11.0. The minimum Gasteiger partial charge on any atom is -0.476 e. The van der Waals surface area contributed by atoms with Crippen molar-refractivity contribution in [2.45, 2.75) is 0 Å². The highest BCUT2D eigenvalue weighted by Gasteiger charge is 2.14. The van der Waals surface area contributed by atoms with E-state index in [0.717, 1.165) is 0 Å². The Hall–Kier alpha value is -2.63. The zero-order valence-electron chi connectivity index (χ0n) is 8.54. The molecule has 0 unspecified atom stereocenters.